The summed E-state index contributed by atoms with van der Waals surface area (Å²) in [7, 11) is 0. The number of rotatable bonds is 2. The highest BCUT2D eigenvalue weighted by Crippen LogP contribution is 2.44. The first kappa shape index (κ1) is 11.1. The highest BCUT2D eigenvalue weighted by atomic mass is 16.6. The predicted molar refractivity (Wildman–Crippen MR) is 57.4 cm³/mol. The first-order chi connectivity index (χ1) is 7.35. The van der Waals surface area contributed by atoms with E-state index in [0.29, 0.717) is 6.42 Å². The average Bonchev–Trinajstić information content (AvgIpc) is 2.52. The van der Waals surface area contributed by atoms with Gasteiger partial charge in [-0.2, -0.15) is 0 Å². The smallest absolute Gasteiger partial charge is 0.219 e. The minimum Gasteiger partial charge on any atom is -0.348 e. The second kappa shape index (κ2) is 3.31. The summed E-state index contributed by atoms with van der Waals surface area (Å²) in [5.41, 5.74) is -1.26. The molecule has 5 nitrogen and oxygen atoms in total. The average molecular weight is 224 g/mol. The maximum atomic E-state index is 11.2. The molecule has 5 heteroatoms. The number of carbonyl (C=O) groups excluding carboxylic acids is 2. The van der Waals surface area contributed by atoms with Gasteiger partial charge in [0, 0.05) is 20.3 Å². The Hall–Kier alpha value is -1.36. The van der Waals surface area contributed by atoms with E-state index < -0.39 is 11.3 Å². The van der Waals surface area contributed by atoms with E-state index in [1.54, 1.807) is 0 Å². The SMILES string of the molecule is CC(=O)NC1CC2(C)C=CC1(NC(C)=O)O2. The van der Waals surface area contributed by atoms with Crippen LogP contribution in [0.5, 0.6) is 0 Å². The van der Waals surface area contributed by atoms with Crippen molar-refractivity contribution in [1.82, 2.24) is 10.6 Å². The van der Waals surface area contributed by atoms with Gasteiger partial charge in [0.15, 0.2) is 5.72 Å². The van der Waals surface area contributed by atoms with Crippen molar-refractivity contribution in [3.8, 4) is 0 Å². The van der Waals surface area contributed by atoms with Crippen LogP contribution in [0, 0.1) is 0 Å². The maximum absolute atomic E-state index is 11.2. The lowest BCUT2D eigenvalue weighted by Gasteiger charge is -2.31. The van der Waals surface area contributed by atoms with E-state index >= 15 is 0 Å². The van der Waals surface area contributed by atoms with Crippen LogP contribution in [0.15, 0.2) is 12.2 Å². The molecule has 2 heterocycles. The van der Waals surface area contributed by atoms with Crippen LogP contribution < -0.4 is 10.6 Å². The van der Waals surface area contributed by atoms with Gasteiger partial charge in [0.1, 0.15) is 0 Å². The van der Waals surface area contributed by atoms with Crippen molar-refractivity contribution in [2.45, 2.75) is 44.6 Å². The van der Waals surface area contributed by atoms with Crippen LogP contribution in [0.3, 0.4) is 0 Å². The molecule has 88 valence electrons. The number of fused-ring (bicyclic) bond motifs is 2. The molecule has 3 atom stereocenters. The molecular formula is C11H16N2O3. The lowest BCUT2D eigenvalue weighted by Crippen LogP contribution is -2.58. The summed E-state index contributed by atoms with van der Waals surface area (Å²) < 4.78 is 5.81. The summed E-state index contributed by atoms with van der Waals surface area (Å²) in [6.07, 6.45) is 4.42. The summed E-state index contributed by atoms with van der Waals surface area (Å²) in [4.78, 5) is 22.3. The van der Waals surface area contributed by atoms with Crippen LogP contribution in [0.4, 0.5) is 0 Å². The Kier molecular flexibility index (Phi) is 2.31. The van der Waals surface area contributed by atoms with Gasteiger partial charge in [-0.25, -0.2) is 0 Å². The Morgan fingerprint density at radius 3 is 2.50 bits per heavy atom. The molecule has 0 aliphatic carbocycles. The molecular weight excluding hydrogens is 208 g/mol. The van der Waals surface area contributed by atoms with Crippen molar-refractivity contribution >= 4 is 11.8 Å². The van der Waals surface area contributed by atoms with Gasteiger partial charge in [-0.1, -0.05) is 6.08 Å². The molecule has 2 aliphatic rings. The van der Waals surface area contributed by atoms with Crippen molar-refractivity contribution < 1.29 is 14.3 Å². The van der Waals surface area contributed by atoms with Crippen LogP contribution in [0.2, 0.25) is 0 Å². The Balaban J connectivity index is 2.23. The molecule has 2 rings (SSSR count). The van der Waals surface area contributed by atoms with E-state index in [-0.39, 0.29) is 17.9 Å². The third-order valence-corrected chi connectivity index (χ3v) is 2.96. The van der Waals surface area contributed by atoms with E-state index in [9.17, 15) is 9.59 Å². The quantitative estimate of drug-likeness (QED) is 0.652. The molecule has 2 bridgehead atoms. The summed E-state index contributed by atoms with van der Waals surface area (Å²) in [5, 5.41) is 5.58. The van der Waals surface area contributed by atoms with E-state index in [4.69, 9.17) is 4.74 Å². The standard InChI is InChI=1S/C11H16N2O3/c1-7(14)12-9-6-10(3)4-5-11(9,16-10)13-8(2)15/h4-5,9H,6H2,1-3H3,(H,12,14)(H,13,15). The van der Waals surface area contributed by atoms with E-state index in [0.717, 1.165) is 0 Å². The fourth-order valence-electron chi connectivity index (χ4n) is 2.44. The number of nitrogens with one attached hydrogen (secondary N) is 2. The van der Waals surface area contributed by atoms with Crippen LogP contribution in [-0.4, -0.2) is 29.2 Å². The van der Waals surface area contributed by atoms with Crippen molar-refractivity contribution in [3.63, 3.8) is 0 Å². The molecule has 16 heavy (non-hydrogen) atoms. The van der Waals surface area contributed by atoms with Gasteiger partial charge in [-0.05, 0) is 13.0 Å². The molecule has 0 aromatic carbocycles. The van der Waals surface area contributed by atoms with Crippen LogP contribution in [0.1, 0.15) is 27.2 Å². The largest absolute Gasteiger partial charge is 0.348 e. The minimum atomic E-state index is -0.869. The molecule has 0 saturated carbocycles. The monoisotopic (exact) mass is 224 g/mol. The lowest BCUT2D eigenvalue weighted by atomic mass is 9.89. The van der Waals surface area contributed by atoms with Gasteiger partial charge >= 0.3 is 0 Å². The molecule has 1 fully saturated rings. The zero-order valence-corrected chi connectivity index (χ0v) is 9.66. The van der Waals surface area contributed by atoms with Gasteiger partial charge in [0.2, 0.25) is 11.8 Å². The molecule has 0 radical (unpaired) electrons. The van der Waals surface area contributed by atoms with Gasteiger partial charge < -0.3 is 15.4 Å². The fraction of sp³-hybridized carbons (Fsp3) is 0.636. The third-order valence-electron chi connectivity index (χ3n) is 2.96. The van der Waals surface area contributed by atoms with E-state index in [2.05, 4.69) is 10.6 Å². The second-order valence-electron chi connectivity index (χ2n) is 4.68. The van der Waals surface area contributed by atoms with Crippen molar-refractivity contribution in [3.05, 3.63) is 12.2 Å². The number of ether oxygens (including phenoxy) is 1. The second-order valence-corrected chi connectivity index (χ2v) is 4.68. The number of carbonyl (C=O) groups is 2. The molecule has 2 aliphatic heterocycles. The normalized spacial score (nSPS) is 39.8. The van der Waals surface area contributed by atoms with Crippen LogP contribution in [0.25, 0.3) is 0 Å². The lowest BCUT2D eigenvalue weighted by molar-refractivity contribution is -0.130. The van der Waals surface area contributed by atoms with Crippen LogP contribution >= 0.6 is 0 Å². The predicted octanol–water partition coefficient (Wildman–Crippen LogP) is 0.0723. The molecule has 3 unspecified atom stereocenters. The third kappa shape index (κ3) is 1.71. The first-order valence-electron chi connectivity index (χ1n) is 5.32. The Morgan fingerprint density at radius 2 is 2.00 bits per heavy atom. The highest BCUT2D eigenvalue weighted by molar-refractivity contribution is 5.76. The Bertz CT molecular complexity index is 379. The maximum Gasteiger partial charge on any atom is 0.219 e. The number of hydrogen-bond acceptors (Lipinski definition) is 3. The van der Waals surface area contributed by atoms with Crippen LogP contribution in [-0.2, 0) is 14.3 Å². The molecule has 1 saturated heterocycles. The topological polar surface area (TPSA) is 67.4 Å². The number of hydrogen-bond donors (Lipinski definition) is 2. The Morgan fingerprint density at radius 1 is 1.31 bits per heavy atom. The summed E-state index contributed by atoms with van der Waals surface area (Å²) >= 11 is 0. The molecule has 0 aromatic rings. The summed E-state index contributed by atoms with van der Waals surface area (Å²) in [6, 6.07) is -0.205. The number of amides is 2. The van der Waals surface area contributed by atoms with Gasteiger partial charge in [-0.3, -0.25) is 9.59 Å². The highest BCUT2D eigenvalue weighted by Gasteiger charge is 2.56. The van der Waals surface area contributed by atoms with E-state index in [1.807, 2.05) is 19.1 Å². The van der Waals surface area contributed by atoms with Crippen molar-refractivity contribution in [1.29, 1.82) is 0 Å². The van der Waals surface area contributed by atoms with Crippen molar-refractivity contribution in [2.24, 2.45) is 0 Å². The fourth-order valence-corrected chi connectivity index (χ4v) is 2.44. The first-order valence-corrected chi connectivity index (χ1v) is 5.32. The zero-order valence-electron chi connectivity index (χ0n) is 9.66. The zero-order chi connectivity index (χ0) is 12.0. The molecule has 2 amide bonds. The Labute approximate surface area is 94.2 Å². The summed E-state index contributed by atoms with van der Waals surface area (Å²) in [5.74, 6) is -0.297. The van der Waals surface area contributed by atoms with E-state index in [1.165, 1.54) is 13.8 Å². The minimum absolute atomic E-state index is 0.122. The van der Waals surface area contributed by atoms with Gasteiger partial charge in [0.25, 0.3) is 0 Å². The molecule has 0 spiro atoms. The van der Waals surface area contributed by atoms with Gasteiger partial charge in [-0.15, -0.1) is 0 Å². The van der Waals surface area contributed by atoms with Gasteiger partial charge in [0.05, 0.1) is 11.6 Å². The molecule has 2 N–H and O–H groups in total. The summed E-state index contributed by atoms with van der Waals surface area (Å²) in [6.45, 7) is 4.83. The molecule has 0 aromatic heterocycles. The van der Waals surface area contributed by atoms with Crippen molar-refractivity contribution in [2.75, 3.05) is 0 Å².